The highest BCUT2D eigenvalue weighted by Crippen LogP contribution is 2.25. The second-order valence-electron chi connectivity index (χ2n) is 3.03. The summed E-state index contributed by atoms with van der Waals surface area (Å²) < 4.78 is 6.69. The third kappa shape index (κ3) is 2.24. The summed E-state index contributed by atoms with van der Waals surface area (Å²) in [5, 5.41) is 0. The fourth-order valence-corrected chi connectivity index (χ4v) is 1.32. The van der Waals surface area contributed by atoms with Gasteiger partial charge >= 0.3 is 0 Å². The van der Waals surface area contributed by atoms with Gasteiger partial charge in [-0.1, -0.05) is 22.0 Å². The van der Waals surface area contributed by atoms with Crippen LogP contribution in [0.25, 0.3) is 0 Å². The first-order chi connectivity index (χ1) is 5.61. The van der Waals surface area contributed by atoms with Crippen molar-refractivity contribution in [3.8, 4) is 5.75 Å². The van der Waals surface area contributed by atoms with E-state index in [-0.39, 0.29) is 6.10 Å². The monoisotopic (exact) mass is 228 g/mol. The van der Waals surface area contributed by atoms with Crippen LogP contribution in [0.3, 0.4) is 0 Å². The Balaban J connectivity index is 2.92. The van der Waals surface area contributed by atoms with Crippen LogP contribution in [0.5, 0.6) is 5.75 Å². The van der Waals surface area contributed by atoms with Gasteiger partial charge in [-0.05, 0) is 32.9 Å². The molecule has 0 aliphatic rings. The first kappa shape index (κ1) is 9.59. The van der Waals surface area contributed by atoms with Gasteiger partial charge in [0.05, 0.1) is 6.10 Å². The second-order valence-corrected chi connectivity index (χ2v) is 3.88. The lowest BCUT2D eigenvalue weighted by atomic mass is 10.2. The van der Waals surface area contributed by atoms with Gasteiger partial charge < -0.3 is 4.74 Å². The van der Waals surface area contributed by atoms with Gasteiger partial charge in [-0.15, -0.1) is 0 Å². The zero-order chi connectivity index (χ0) is 9.14. The summed E-state index contributed by atoms with van der Waals surface area (Å²) in [5.41, 5.74) is 1.16. The lowest BCUT2D eigenvalue weighted by Crippen LogP contribution is -2.06. The molecule has 1 aromatic rings. The first-order valence-corrected chi connectivity index (χ1v) is 4.82. The number of hydrogen-bond donors (Lipinski definition) is 0. The van der Waals surface area contributed by atoms with Crippen molar-refractivity contribution in [2.45, 2.75) is 26.9 Å². The van der Waals surface area contributed by atoms with Crippen LogP contribution in [0.1, 0.15) is 19.4 Å². The van der Waals surface area contributed by atoms with E-state index in [2.05, 4.69) is 15.9 Å². The molecule has 0 spiro atoms. The van der Waals surface area contributed by atoms with Gasteiger partial charge in [0.1, 0.15) is 5.75 Å². The smallest absolute Gasteiger partial charge is 0.123 e. The minimum absolute atomic E-state index is 0.234. The van der Waals surface area contributed by atoms with E-state index in [0.29, 0.717) is 0 Å². The van der Waals surface area contributed by atoms with Crippen LogP contribution in [0, 0.1) is 6.92 Å². The summed E-state index contributed by atoms with van der Waals surface area (Å²) in [7, 11) is 0. The van der Waals surface area contributed by atoms with E-state index in [0.717, 1.165) is 15.8 Å². The molecule has 0 saturated carbocycles. The molecule has 0 amide bonds. The Hall–Kier alpha value is -0.500. The number of halogens is 1. The highest BCUT2D eigenvalue weighted by molar-refractivity contribution is 9.10. The van der Waals surface area contributed by atoms with Crippen LogP contribution in [-0.2, 0) is 0 Å². The van der Waals surface area contributed by atoms with Crippen LogP contribution >= 0.6 is 15.9 Å². The predicted molar refractivity (Wildman–Crippen MR) is 54.6 cm³/mol. The lowest BCUT2D eigenvalue weighted by molar-refractivity contribution is 0.240. The van der Waals surface area contributed by atoms with E-state index in [1.807, 2.05) is 39.0 Å². The molecule has 0 saturated heterocycles. The van der Waals surface area contributed by atoms with Gasteiger partial charge in [-0.3, -0.25) is 0 Å². The summed E-state index contributed by atoms with van der Waals surface area (Å²) in [6.07, 6.45) is 0.234. The number of ether oxygens (including phenoxy) is 1. The molecule has 0 aromatic heterocycles. The third-order valence-corrected chi connectivity index (χ3v) is 2.44. The maximum absolute atomic E-state index is 5.60. The average molecular weight is 229 g/mol. The molecule has 0 atom stereocenters. The molecular formula is C10H13BrO. The maximum Gasteiger partial charge on any atom is 0.123 e. The molecular weight excluding hydrogens is 216 g/mol. The highest BCUT2D eigenvalue weighted by atomic mass is 79.9. The zero-order valence-electron chi connectivity index (χ0n) is 7.60. The summed E-state index contributed by atoms with van der Waals surface area (Å²) in [6.45, 7) is 6.10. The van der Waals surface area contributed by atoms with Crippen molar-refractivity contribution >= 4 is 15.9 Å². The van der Waals surface area contributed by atoms with Gasteiger partial charge in [0.15, 0.2) is 0 Å². The van der Waals surface area contributed by atoms with Crippen molar-refractivity contribution in [2.75, 3.05) is 0 Å². The number of rotatable bonds is 2. The van der Waals surface area contributed by atoms with Gasteiger partial charge in [-0.2, -0.15) is 0 Å². The Morgan fingerprint density at radius 3 is 2.58 bits per heavy atom. The number of hydrogen-bond acceptors (Lipinski definition) is 1. The molecule has 1 aromatic carbocycles. The van der Waals surface area contributed by atoms with E-state index in [1.165, 1.54) is 0 Å². The van der Waals surface area contributed by atoms with E-state index in [9.17, 15) is 0 Å². The molecule has 0 aliphatic carbocycles. The van der Waals surface area contributed by atoms with Gasteiger partial charge in [0, 0.05) is 10.0 Å². The average Bonchev–Trinajstić information content (AvgIpc) is 1.98. The molecule has 0 bridgehead atoms. The predicted octanol–water partition coefficient (Wildman–Crippen LogP) is 3.54. The Labute approximate surface area is 81.9 Å². The molecule has 1 nitrogen and oxygen atoms in total. The van der Waals surface area contributed by atoms with E-state index in [4.69, 9.17) is 4.74 Å². The summed E-state index contributed by atoms with van der Waals surface area (Å²) in [4.78, 5) is 0. The van der Waals surface area contributed by atoms with Crippen LogP contribution in [0.15, 0.2) is 22.7 Å². The molecule has 66 valence electrons. The number of benzene rings is 1. The van der Waals surface area contributed by atoms with Gasteiger partial charge in [0.25, 0.3) is 0 Å². The zero-order valence-corrected chi connectivity index (χ0v) is 9.18. The van der Waals surface area contributed by atoms with E-state index in [1.54, 1.807) is 0 Å². The van der Waals surface area contributed by atoms with Crippen molar-refractivity contribution in [3.63, 3.8) is 0 Å². The largest absolute Gasteiger partial charge is 0.491 e. The topological polar surface area (TPSA) is 9.23 Å². The Kier molecular flexibility index (Phi) is 3.15. The lowest BCUT2D eigenvalue weighted by Gasteiger charge is -2.12. The van der Waals surface area contributed by atoms with E-state index < -0.39 is 0 Å². The van der Waals surface area contributed by atoms with Crippen molar-refractivity contribution in [1.29, 1.82) is 0 Å². The molecule has 0 aliphatic heterocycles. The molecule has 0 unspecified atom stereocenters. The molecule has 0 radical (unpaired) electrons. The minimum Gasteiger partial charge on any atom is -0.491 e. The second kappa shape index (κ2) is 3.94. The Morgan fingerprint density at radius 2 is 2.00 bits per heavy atom. The van der Waals surface area contributed by atoms with Crippen LogP contribution in [0.2, 0.25) is 0 Å². The Morgan fingerprint density at radius 1 is 1.33 bits per heavy atom. The van der Waals surface area contributed by atoms with Crippen molar-refractivity contribution in [2.24, 2.45) is 0 Å². The molecule has 0 fully saturated rings. The van der Waals surface area contributed by atoms with Crippen molar-refractivity contribution in [1.82, 2.24) is 0 Å². The van der Waals surface area contributed by atoms with Gasteiger partial charge in [-0.25, -0.2) is 0 Å². The summed E-state index contributed by atoms with van der Waals surface area (Å²) >= 11 is 3.46. The van der Waals surface area contributed by atoms with Crippen LogP contribution in [0.4, 0.5) is 0 Å². The molecule has 2 heteroatoms. The van der Waals surface area contributed by atoms with E-state index >= 15 is 0 Å². The fourth-order valence-electron chi connectivity index (χ4n) is 0.969. The molecule has 0 N–H and O–H groups in total. The minimum atomic E-state index is 0.234. The maximum atomic E-state index is 5.60. The fraction of sp³-hybridized carbons (Fsp3) is 0.400. The van der Waals surface area contributed by atoms with Gasteiger partial charge in [0.2, 0.25) is 0 Å². The van der Waals surface area contributed by atoms with Crippen LogP contribution in [-0.4, -0.2) is 6.10 Å². The third-order valence-electron chi connectivity index (χ3n) is 1.58. The summed E-state index contributed by atoms with van der Waals surface area (Å²) in [6, 6.07) is 5.98. The summed E-state index contributed by atoms with van der Waals surface area (Å²) in [5.74, 6) is 0.958. The SMILES string of the molecule is Cc1c(Br)cccc1OC(C)C. The first-order valence-electron chi connectivity index (χ1n) is 4.03. The highest BCUT2D eigenvalue weighted by Gasteiger charge is 2.03. The molecule has 12 heavy (non-hydrogen) atoms. The van der Waals surface area contributed by atoms with Crippen molar-refractivity contribution < 1.29 is 4.74 Å². The quantitative estimate of drug-likeness (QED) is 0.753. The molecule has 0 heterocycles. The molecule has 1 rings (SSSR count). The van der Waals surface area contributed by atoms with Crippen LogP contribution < -0.4 is 4.74 Å². The Bertz CT molecular complexity index is 269. The van der Waals surface area contributed by atoms with Crippen molar-refractivity contribution in [3.05, 3.63) is 28.2 Å². The standard InChI is InChI=1S/C10H13BrO/c1-7(2)12-10-6-4-5-9(11)8(10)3/h4-7H,1-3H3. The normalized spacial score (nSPS) is 10.4.